The predicted octanol–water partition coefficient (Wildman–Crippen LogP) is 3.31. The molecular formula is C27H34N4O4. The van der Waals surface area contributed by atoms with E-state index < -0.39 is 12.0 Å². The van der Waals surface area contributed by atoms with Gasteiger partial charge >= 0.3 is 12.0 Å². The average Bonchev–Trinajstić information content (AvgIpc) is 2.86. The Morgan fingerprint density at radius 3 is 2.54 bits per heavy atom. The summed E-state index contributed by atoms with van der Waals surface area (Å²) in [6, 6.07) is 13.0. The lowest BCUT2D eigenvalue weighted by atomic mass is 9.94. The van der Waals surface area contributed by atoms with Gasteiger partial charge in [0.05, 0.1) is 25.3 Å². The molecule has 0 saturated carbocycles. The van der Waals surface area contributed by atoms with Crippen molar-refractivity contribution >= 4 is 17.7 Å². The van der Waals surface area contributed by atoms with Crippen molar-refractivity contribution in [2.24, 2.45) is 0 Å². The van der Waals surface area contributed by atoms with Gasteiger partial charge in [-0.1, -0.05) is 30.3 Å². The summed E-state index contributed by atoms with van der Waals surface area (Å²) in [7, 11) is 1.36. The van der Waals surface area contributed by atoms with Crippen LogP contribution in [-0.2, 0) is 9.53 Å². The number of hydrogen-bond acceptors (Lipinski definition) is 6. The molecule has 186 valence electrons. The maximum absolute atomic E-state index is 12.9. The number of anilines is 1. The fourth-order valence-corrected chi connectivity index (χ4v) is 4.76. The fourth-order valence-electron chi connectivity index (χ4n) is 4.76. The smallest absolute Gasteiger partial charge is 0.338 e. The molecule has 0 bridgehead atoms. The number of ether oxygens (including phenoxy) is 2. The number of nitrogens with zero attached hydrogens (tertiary/aromatic N) is 2. The zero-order valence-electron chi connectivity index (χ0n) is 20.9. The molecule has 8 heteroatoms. The monoisotopic (exact) mass is 478 g/mol. The maximum atomic E-state index is 12.9. The highest BCUT2D eigenvalue weighted by molar-refractivity contribution is 5.95. The van der Waals surface area contributed by atoms with Crippen LogP contribution in [0.5, 0.6) is 5.75 Å². The summed E-state index contributed by atoms with van der Waals surface area (Å²) in [5, 5.41) is 5.76. The van der Waals surface area contributed by atoms with E-state index in [1.807, 2.05) is 31.2 Å². The molecule has 1 atom stereocenters. The minimum absolute atomic E-state index is 0.349. The molecule has 2 aliphatic rings. The molecule has 2 N–H and O–H groups in total. The van der Waals surface area contributed by atoms with Gasteiger partial charge in [-0.2, -0.15) is 0 Å². The van der Waals surface area contributed by atoms with Gasteiger partial charge in [0.25, 0.3) is 0 Å². The molecule has 0 aliphatic carbocycles. The van der Waals surface area contributed by atoms with Gasteiger partial charge < -0.3 is 25.0 Å². The number of para-hydroxylation sites is 1. The number of esters is 1. The third kappa shape index (κ3) is 5.43. The number of amides is 2. The summed E-state index contributed by atoms with van der Waals surface area (Å²) in [5.41, 5.74) is 5.47. The van der Waals surface area contributed by atoms with E-state index in [1.54, 1.807) is 0 Å². The lowest BCUT2D eigenvalue weighted by Gasteiger charge is -2.38. The topological polar surface area (TPSA) is 83.1 Å². The van der Waals surface area contributed by atoms with Gasteiger partial charge in [-0.05, 0) is 44.0 Å². The molecular weight excluding hydrogens is 444 g/mol. The Labute approximate surface area is 206 Å². The second kappa shape index (κ2) is 10.8. The molecule has 2 aromatic rings. The van der Waals surface area contributed by atoms with Crippen LogP contribution < -0.4 is 20.3 Å². The first-order valence-electron chi connectivity index (χ1n) is 12.1. The molecule has 1 saturated heterocycles. The number of urea groups is 1. The van der Waals surface area contributed by atoms with E-state index in [2.05, 4.69) is 52.5 Å². The van der Waals surface area contributed by atoms with E-state index in [9.17, 15) is 9.59 Å². The van der Waals surface area contributed by atoms with Crippen LogP contribution in [0.25, 0.3) is 0 Å². The first-order valence-corrected chi connectivity index (χ1v) is 12.1. The first-order chi connectivity index (χ1) is 16.9. The Kier molecular flexibility index (Phi) is 7.60. The van der Waals surface area contributed by atoms with Crippen molar-refractivity contribution < 1.29 is 19.1 Å². The summed E-state index contributed by atoms with van der Waals surface area (Å²) < 4.78 is 10.9. The molecule has 2 aromatic carbocycles. The van der Waals surface area contributed by atoms with E-state index in [4.69, 9.17) is 9.47 Å². The van der Waals surface area contributed by atoms with Crippen molar-refractivity contribution in [3.05, 3.63) is 70.4 Å². The zero-order valence-corrected chi connectivity index (χ0v) is 20.9. The molecule has 8 nitrogen and oxygen atoms in total. The Morgan fingerprint density at radius 2 is 1.83 bits per heavy atom. The molecule has 4 rings (SSSR count). The van der Waals surface area contributed by atoms with Gasteiger partial charge in [-0.25, -0.2) is 9.59 Å². The quantitative estimate of drug-likeness (QED) is 0.594. The van der Waals surface area contributed by atoms with E-state index in [0.717, 1.165) is 31.7 Å². The largest absolute Gasteiger partial charge is 0.494 e. The second-order valence-corrected chi connectivity index (χ2v) is 8.94. The highest BCUT2D eigenvalue weighted by Gasteiger charge is 2.36. The highest BCUT2D eigenvalue weighted by Crippen LogP contribution is 2.34. The zero-order chi connectivity index (χ0) is 24.9. The standard InChI is InChI=1S/C27H34N4O4/c1-5-35-23-9-7-6-8-20(23)25-24(26(32)34-4)21(28-27(33)29-25)17-30-12-14-31(15-13-30)22-16-18(2)10-11-19(22)3/h6-11,16,25H,5,12-15,17H2,1-4H3,(H2,28,29,33). The lowest BCUT2D eigenvalue weighted by molar-refractivity contribution is -0.136. The Balaban J connectivity index is 1.58. The van der Waals surface area contributed by atoms with Crippen LogP contribution in [-0.4, -0.2) is 63.3 Å². The van der Waals surface area contributed by atoms with Crippen molar-refractivity contribution in [1.29, 1.82) is 0 Å². The SMILES string of the molecule is CCOc1ccccc1C1NC(=O)NC(CN2CCN(c3cc(C)ccc3C)CC2)=C1C(=O)OC. The molecule has 2 aliphatic heterocycles. The van der Waals surface area contributed by atoms with Crippen molar-refractivity contribution in [3.63, 3.8) is 0 Å². The molecule has 0 spiro atoms. The van der Waals surface area contributed by atoms with E-state index in [1.165, 1.54) is 23.9 Å². The number of piperazine rings is 1. The van der Waals surface area contributed by atoms with E-state index in [0.29, 0.717) is 30.2 Å². The normalized spacial score (nSPS) is 18.7. The van der Waals surface area contributed by atoms with Crippen LogP contribution >= 0.6 is 0 Å². The Morgan fingerprint density at radius 1 is 1.09 bits per heavy atom. The van der Waals surface area contributed by atoms with E-state index >= 15 is 0 Å². The van der Waals surface area contributed by atoms with Crippen LogP contribution in [0, 0.1) is 13.8 Å². The van der Waals surface area contributed by atoms with Crippen LogP contribution in [0.1, 0.15) is 29.7 Å². The molecule has 1 fully saturated rings. The van der Waals surface area contributed by atoms with Gasteiger partial charge in [-0.3, -0.25) is 4.90 Å². The number of nitrogens with one attached hydrogen (secondary N) is 2. The molecule has 2 heterocycles. The Bertz CT molecular complexity index is 1120. The predicted molar refractivity (Wildman–Crippen MR) is 136 cm³/mol. The average molecular weight is 479 g/mol. The minimum Gasteiger partial charge on any atom is -0.494 e. The summed E-state index contributed by atoms with van der Waals surface area (Å²) in [6.45, 7) is 10.4. The molecule has 1 unspecified atom stereocenters. The maximum Gasteiger partial charge on any atom is 0.338 e. The summed E-state index contributed by atoms with van der Waals surface area (Å²) in [4.78, 5) is 30.3. The van der Waals surface area contributed by atoms with Crippen LogP contribution in [0.3, 0.4) is 0 Å². The van der Waals surface area contributed by atoms with Crippen LogP contribution in [0.4, 0.5) is 10.5 Å². The van der Waals surface area contributed by atoms with E-state index in [-0.39, 0.29) is 6.03 Å². The second-order valence-electron chi connectivity index (χ2n) is 8.94. The van der Waals surface area contributed by atoms with Gasteiger partial charge in [0.15, 0.2) is 0 Å². The molecule has 0 aromatic heterocycles. The highest BCUT2D eigenvalue weighted by atomic mass is 16.5. The summed E-state index contributed by atoms with van der Waals surface area (Å²) >= 11 is 0. The van der Waals surface area contributed by atoms with Crippen molar-refractivity contribution in [2.75, 3.05) is 51.3 Å². The van der Waals surface area contributed by atoms with Gasteiger partial charge in [0, 0.05) is 49.7 Å². The summed E-state index contributed by atoms with van der Waals surface area (Å²) in [5.74, 6) is 0.155. The lowest BCUT2D eigenvalue weighted by Crippen LogP contribution is -2.52. The number of rotatable bonds is 7. The first kappa shape index (κ1) is 24.6. The van der Waals surface area contributed by atoms with Crippen molar-refractivity contribution in [2.45, 2.75) is 26.8 Å². The number of methoxy groups -OCH3 is 1. The third-order valence-corrected chi connectivity index (χ3v) is 6.55. The minimum atomic E-state index is -0.662. The third-order valence-electron chi connectivity index (χ3n) is 6.55. The number of carbonyl (C=O) groups is 2. The summed E-state index contributed by atoms with van der Waals surface area (Å²) in [6.07, 6.45) is 0. The number of aryl methyl sites for hydroxylation is 2. The fraction of sp³-hybridized carbons (Fsp3) is 0.407. The Hall–Kier alpha value is -3.52. The molecule has 35 heavy (non-hydrogen) atoms. The van der Waals surface area contributed by atoms with Crippen molar-refractivity contribution in [1.82, 2.24) is 15.5 Å². The van der Waals surface area contributed by atoms with Gasteiger partial charge in [0.1, 0.15) is 5.75 Å². The van der Waals surface area contributed by atoms with Gasteiger partial charge in [-0.15, -0.1) is 0 Å². The number of hydrogen-bond donors (Lipinski definition) is 2. The molecule has 0 radical (unpaired) electrons. The number of benzene rings is 2. The number of carbonyl (C=O) groups excluding carboxylic acids is 2. The van der Waals surface area contributed by atoms with Crippen LogP contribution in [0.2, 0.25) is 0 Å². The van der Waals surface area contributed by atoms with Gasteiger partial charge in [0.2, 0.25) is 0 Å². The molecule has 2 amide bonds. The van der Waals surface area contributed by atoms with Crippen molar-refractivity contribution in [3.8, 4) is 5.75 Å². The van der Waals surface area contributed by atoms with Crippen LogP contribution in [0.15, 0.2) is 53.7 Å².